The number of carbonyl (C=O) groups excluding carboxylic acids is 1. The van der Waals surface area contributed by atoms with E-state index in [4.69, 9.17) is 11.6 Å². The second-order valence-corrected chi connectivity index (χ2v) is 4.65. The van der Waals surface area contributed by atoms with Crippen molar-refractivity contribution in [3.8, 4) is 0 Å². The average Bonchev–Trinajstić information content (AvgIpc) is 2.58. The van der Waals surface area contributed by atoms with Gasteiger partial charge in [-0.15, -0.1) is 0 Å². The van der Waals surface area contributed by atoms with Crippen LogP contribution in [0.4, 0.5) is 10.1 Å². The van der Waals surface area contributed by atoms with Crippen LogP contribution in [0.5, 0.6) is 0 Å². The minimum atomic E-state index is -0.404. The molecule has 19 heavy (non-hydrogen) atoms. The highest BCUT2D eigenvalue weighted by Gasteiger charge is 2.19. The topological polar surface area (TPSA) is 46.9 Å². The van der Waals surface area contributed by atoms with E-state index in [1.807, 2.05) is 0 Å². The van der Waals surface area contributed by atoms with Gasteiger partial charge in [0, 0.05) is 12.7 Å². The van der Waals surface area contributed by atoms with Crippen LogP contribution in [0.3, 0.4) is 0 Å². The molecular weight excluding hydrogens is 269 g/mol. The maximum absolute atomic E-state index is 13.4. The maximum Gasteiger partial charge on any atom is 0.260 e. The van der Waals surface area contributed by atoms with Crippen LogP contribution in [0.25, 0.3) is 0 Å². The normalized spacial score (nSPS) is 10.6. The zero-order chi connectivity index (χ0) is 14.2. The molecule has 0 radical (unpaired) electrons. The molecule has 4 nitrogen and oxygen atoms in total. The van der Waals surface area contributed by atoms with E-state index >= 15 is 0 Å². The van der Waals surface area contributed by atoms with Crippen molar-refractivity contribution in [2.45, 2.75) is 13.8 Å². The summed E-state index contributed by atoms with van der Waals surface area (Å²) in [5.41, 5.74) is 1.73. The molecule has 100 valence electrons. The van der Waals surface area contributed by atoms with E-state index in [-0.39, 0.29) is 11.0 Å². The fraction of sp³-hybridized carbons (Fsp3) is 0.231. The minimum absolute atomic E-state index is 0.252. The first-order chi connectivity index (χ1) is 8.90. The number of carbonyl (C=O) groups is 1. The lowest BCUT2D eigenvalue weighted by Gasteiger charge is -2.06. The molecule has 1 N–H and O–H groups in total. The molecule has 0 aliphatic heterocycles. The fourth-order valence-corrected chi connectivity index (χ4v) is 2.01. The van der Waals surface area contributed by atoms with Gasteiger partial charge in [0.2, 0.25) is 0 Å². The molecule has 0 fully saturated rings. The molecular formula is C13H13ClFN3O. The second kappa shape index (κ2) is 5.01. The van der Waals surface area contributed by atoms with Gasteiger partial charge in [0.25, 0.3) is 5.91 Å². The number of halogens is 2. The fourth-order valence-electron chi connectivity index (χ4n) is 1.75. The van der Waals surface area contributed by atoms with Gasteiger partial charge in [-0.25, -0.2) is 4.39 Å². The quantitative estimate of drug-likeness (QED) is 0.919. The lowest BCUT2D eigenvalue weighted by molar-refractivity contribution is 0.102. The number of hydrogen-bond donors (Lipinski definition) is 1. The molecule has 0 bridgehead atoms. The molecule has 1 aromatic heterocycles. The number of anilines is 1. The Morgan fingerprint density at radius 3 is 2.63 bits per heavy atom. The Kier molecular flexibility index (Phi) is 3.57. The predicted octanol–water partition coefficient (Wildman–Crippen LogP) is 3.08. The van der Waals surface area contributed by atoms with Gasteiger partial charge >= 0.3 is 0 Å². The van der Waals surface area contributed by atoms with Crippen molar-refractivity contribution in [2.75, 3.05) is 5.32 Å². The van der Waals surface area contributed by atoms with E-state index in [0.29, 0.717) is 22.5 Å². The molecule has 1 heterocycles. The summed E-state index contributed by atoms with van der Waals surface area (Å²) in [6.07, 6.45) is 0. The maximum atomic E-state index is 13.4. The van der Waals surface area contributed by atoms with Gasteiger partial charge in [-0.3, -0.25) is 9.48 Å². The standard InChI is InChI=1S/C13H13ClFN3O/c1-7-4-5-9(6-10(7)15)16-13(19)11-8(2)17-18(3)12(11)14/h4-6H,1-3H3,(H,16,19). The summed E-state index contributed by atoms with van der Waals surface area (Å²) < 4.78 is 14.8. The summed E-state index contributed by atoms with van der Waals surface area (Å²) in [4.78, 5) is 12.1. The molecule has 2 rings (SSSR count). The third-order valence-electron chi connectivity index (χ3n) is 2.81. The van der Waals surface area contributed by atoms with Gasteiger partial charge < -0.3 is 5.32 Å². The second-order valence-electron chi connectivity index (χ2n) is 4.29. The largest absolute Gasteiger partial charge is 0.322 e. The number of amides is 1. The molecule has 1 amide bonds. The van der Waals surface area contributed by atoms with Gasteiger partial charge in [0.05, 0.1) is 11.3 Å². The summed E-state index contributed by atoms with van der Waals surface area (Å²) in [7, 11) is 1.65. The number of aryl methyl sites for hydroxylation is 3. The first-order valence-electron chi connectivity index (χ1n) is 5.66. The first kappa shape index (κ1) is 13.5. The highest BCUT2D eigenvalue weighted by molar-refractivity contribution is 6.33. The number of benzene rings is 1. The van der Waals surface area contributed by atoms with Crippen molar-refractivity contribution in [2.24, 2.45) is 7.05 Å². The SMILES string of the molecule is Cc1ccc(NC(=O)c2c(C)nn(C)c2Cl)cc1F. The smallest absolute Gasteiger partial charge is 0.260 e. The van der Waals surface area contributed by atoms with Gasteiger partial charge in [-0.2, -0.15) is 5.10 Å². The minimum Gasteiger partial charge on any atom is -0.322 e. The summed E-state index contributed by atoms with van der Waals surface area (Å²) in [5, 5.41) is 6.91. The van der Waals surface area contributed by atoms with E-state index in [0.717, 1.165) is 0 Å². The third-order valence-corrected chi connectivity index (χ3v) is 3.24. The van der Waals surface area contributed by atoms with E-state index in [2.05, 4.69) is 10.4 Å². The van der Waals surface area contributed by atoms with Crippen molar-refractivity contribution in [3.63, 3.8) is 0 Å². The van der Waals surface area contributed by atoms with E-state index in [9.17, 15) is 9.18 Å². The average molecular weight is 282 g/mol. The molecule has 0 spiro atoms. The van der Waals surface area contributed by atoms with Crippen LogP contribution in [-0.4, -0.2) is 15.7 Å². The summed E-state index contributed by atoms with van der Waals surface area (Å²) in [6, 6.07) is 4.51. The third kappa shape index (κ3) is 2.61. The molecule has 2 aromatic rings. The van der Waals surface area contributed by atoms with Crippen LogP contribution < -0.4 is 5.32 Å². The van der Waals surface area contributed by atoms with Crippen molar-refractivity contribution < 1.29 is 9.18 Å². The van der Waals surface area contributed by atoms with E-state index in [1.165, 1.54) is 10.7 Å². The van der Waals surface area contributed by atoms with Crippen LogP contribution in [0.15, 0.2) is 18.2 Å². The zero-order valence-electron chi connectivity index (χ0n) is 10.8. The van der Waals surface area contributed by atoms with Crippen LogP contribution >= 0.6 is 11.6 Å². The van der Waals surface area contributed by atoms with Gasteiger partial charge in [-0.1, -0.05) is 17.7 Å². The van der Waals surface area contributed by atoms with Crippen LogP contribution in [0.1, 0.15) is 21.6 Å². The predicted molar refractivity (Wildman–Crippen MR) is 72.0 cm³/mol. The molecule has 0 atom stereocenters. The number of aromatic nitrogens is 2. The Morgan fingerprint density at radius 2 is 2.11 bits per heavy atom. The molecule has 1 aromatic carbocycles. The molecule has 6 heteroatoms. The van der Waals surface area contributed by atoms with E-state index in [1.54, 1.807) is 33.0 Å². The Labute approximate surface area is 115 Å². The van der Waals surface area contributed by atoms with E-state index < -0.39 is 5.91 Å². The lowest BCUT2D eigenvalue weighted by Crippen LogP contribution is -2.13. The Bertz CT molecular complexity index is 652. The Morgan fingerprint density at radius 1 is 1.42 bits per heavy atom. The number of nitrogens with zero attached hydrogens (tertiary/aromatic N) is 2. The Balaban J connectivity index is 2.28. The van der Waals surface area contributed by atoms with Crippen LogP contribution in [-0.2, 0) is 7.05 Å². The van der Waals surface area contributed by atoms with Crippen molar-refractivity contribution in [3.05, 3.63) is 46.0 Å². The molecule has 0 aliphatic carbocycles. The number of hydrogen-bond acceptors (Lipinski definition) is 2. The first-order valence-corrected chi connectivity index (χ1v) is 6.04. The Hall–Kier alpha value is -1.88. The lowest BCUT2D eigenvalue weighted by atomic mass is 10.2. The van der Waals surface area contributed by atoms with Crippen molar-refractivity contribution in [1.82, 2.24) is 9.78 Å². The van der Waals surface area contributed by atoms with Gasteiger partial charge in [0.1, 0.15) is 11.0 Å². The molecule has 0 saturated carbocycles. The summed E-state index contributed by atoms with van der Waals surface area (Å²) in [6.45, 7) is 3.35. The highest BCUT2D eigenvalue weighted by atomic mass is 35.5. The molecule has 0 saturated heterocycles. The molecule has 0 aliphatic rings. The van der Waals surface area contributed by atoms with Gasteiger partial charge in [0.15, 0.2) is 0 Å². The van der Waals surface area contributed by atoms with Crippen molar-refractivity contribution >= 4 is 23.2 Å². The summed E-state index contributed by atoms with van der Waals surface area (Å²) >= 11 is 6.00. The van der Waals surface area contributed by atoms with Crippen LogP contribution in [0, 0.1) is 19.7 Å². The van der Waals surface area contributed by atoms with Crippen molar-refractivity contribution in [1.29, 1.82) is 0 Å². The number of rotatable bonds is 2. The van der Waals surface area contributed by atoms with Crippen LogP contribution in [0.2, 0.25) is 5.15 Å². The molecule has 0 unspecified atom stereocenters. The zero-order valence-corrected chi connectivity index (χ0v) is 11.5. The van der Waals surface area contributed by atoms with Gasteiger partial charge in [-0.05, 0) is 31.5 Å². The summed E-state index contributed by atoms with van der Waals surface area (Å²) in [5.74, 6) is -0.773. The number of nitrogens with one attached hydrogen (secondary N) is 1. The monoisotopic (exact) mass is 281 g/mol. The highest BCUT2D eigenvalue weighted by Crippen LogP contribution is 2.21.